The zero-order valence-corrected chi connectivity index (χ0v) is 14.3. The molecule has 0 unspecified atom stereocenters. The lowest BCUT2D eigenvalue weighted by Crippen LogP contribution is -2.39. The Kier molecular flexibility index (Phi) is 3.79. The van der Waals surface area contributed by atoms with Crippen LogP contribution in [-0.2, 0) is 30.8 Å². The summed E-state index contributed by atoms with van der Waals surface area (Å²) in [5.41, 5.74) is 3.64. The van der Waals surface area contributed by atoms with E-state index < -0.39 is 5.97 Å². The van der Waals surface area contributed by atoms with Crippen LogP contribution in [0, 0.1) is 0 Å². The van der Waals surface area contributed by atoms with Gasteiger partial charge in [-0.05, 0) is 13.1 Å². The van der Waals surface area contributed by atoms with Crippen LogP contribution in [0.3, 0.4) is 0 Å². The normalized spacial score (nSPS) is 17.1. The van der Waals surface area contributed by atoms with Crippen LogP contribution in [0.4, 0.5) is 0 Å². The molecular formula is C16H20N6O3. The SMILES string of the molecule is COC(=O)c1cc2n(n1)CCN(C(=O)c1n[nH]c3c1CN(C)CC3)C2. The van der Waals surface area contributed by atoms with Gasteiger partial charge in [0.05, 0.1) is 25.9 Å². The van der Waals surface area contributed by atoms with Crippen LogP contribution in [0.1, 0.15) is 37.9 Å². The van der Waals surface area contributed by atoms with Gasteiger partial charge in [-0.3, -0.25) is 14.6 Å². The van der Waals surface area contributed by atoms with Crippen molar-refractivity contribution in [2.75, 3.05) is 27.2 Å². The Morgan fingerprint density at radius 1 is 1.24 bits per heavy atom. The molecule has 2 aromatic heterocycles. The van der Waals surface area contributed by atoms with Gasteiger partial charge in [-0.2, -0.15) is 10.2 Å². The van der Waals surface area contributed by atoms with E-state index >= 15 is 0 Å². The monoisotopic (exact) mass is 344 g/mol. The van der Waals surface area contributed by atoms with E-state index in [9.17, 15) is 9.59 Å². The molecule has 4 rings (SSSR count). The Bertz CT molecular complexity index is 839. The van der Waals surface area contributed by atoms with Gasteiger partial charge in [0.15, 0.2) is 11.4 Å². The number of aromatic amines is 1. The quantitative estimate of drug-likeness (QED) is 0.773. The lowest BCUT2D eigenvalue weighted by Gasteiger charge is -2.28. The van der Waals surface area contributed by atoms with Crippen molar-refractivity contribution in [2.45, 2.75) is 26.1 Å². The number of H-pyrrole nitrogens is 1. The number of ether oxygens (including phenoxy) is 1. The number of fused-ring (bicyclic) bond motifs is 2. The van der Waals surface area contributed by atoms with Crippen LogP contribution < -0.4 is 0 Å². The molecule has 0 saturated carbocycles. The third-order valence-electron chi connectivity index (χ3n) is 4.81. The van der Waals surface area contributed by atoms with Gasteiger partial charge in [0, 0.05) is 37.3 Å². The molecule has 0 radical (unpaired) electrons. The molecule has 4 heterocycles. The van der Waals surface area contributed by atoms with E-state index in [0.29, 0.717) is 25.3 Å². The Morgan fingerprint density at radius 2 is 2.08 bits per heavy atom. The zero-order chi connectivity index (χ0) is 17.6. The minimum atomic E-state index is -0.468. The van der Waals surface area contributed by atoms with E-state index in [-0.39, 0.29) is 11.6 Å². The van der Waals surface area contributed by atoms with Crippen molar-refractivity contribution in [1.29, 1.82) is 0 Å². The molecule has 1 amide bonds. The standard InChI is InChI=1S/C16H20N6O3/c1-20-4-3-12-11(9-20)14(18-17-12)15(23)21-5-6-22-10(8-21)7-13(19-22)16(24)25-2/h7H,3-6,8-9H2,1-2H3,(H,17,18). The summed E-state index contributed by atoms with van der Waals surface area (Å²) in [6.07, 6.45) is 0.876. The fourth-order valence-corrected chi connectivity index (χ4v) is 3.40. The first-order chi connectivity index (χ1) is 12.1. The fourth-order valence-electron chi connectivity index (χ4n) is 3.40. The summed E-state index contributed by atoms with van der Waals surface area (Å²) in [5.74, 6) is -0.552. The third-order valence-corrected chi connectivity index (χ3v) is 4.81. The molecule has 0 bridgehead atoms. The number of likely N-dealkylation sites (N-methyl/N-ethyl adjacent to an activating group) is 1. The molecule has 9 heteroatoms. The second-order valence-electron chi connectivity index (χ2n) is 6.48. The maximum atomic E-state index is 12.9. The maximum absolute atomic E-state index is 12.9. The molecular weight excluding hydrogens is 324 g/mol. The van der Waals surface area contributed by atoms with Crippen molar-refractivity contribution in [1.82, 2.24) is 29.8 Å². The van der Waals surface area contributed by atoms with Crippen LogP contribution in [0.15, 0.2) is 6.07 Å². The van der Waals surface area contributed by atoms with Gasteiger partial charge in [0.1, 0.15) is 0 Å². The molecule has 2 aromatic rings. The molecule has 9 nitrogen and oxygen atoms in total. The van der Waals surface area contributed by atoms with Crippen LogP contribution in [0.2, 0.25) is 0 Å². The molecule has 0 aromatic carbocycles. The van der Waals surface area contributed by atoms with Crippen molar-refractivity contribution in [2.24, 2.45) is 0 Å². The average Bonchev–Trinajstić information content (AvgIpc) is 3.23. The first kappa shape index (κ1) is 15.8. The highest BCUT2D eigenvalue weighted by atomic mass is 16.5. The molecule has 0 saturated heterocycles. The van der Waals surface area contributed by atoms with Gasteiger partial charge in [-0.15, -0.1) is 0 Å². The van der Waals surface area contributed by atoms with E-state index in [4.69, 9.17) is 4.74 Å². The predicted molar refractivity (Wildman–Crippen MR) is 86.9 cm³/mol. The van der Waals surface area contributed by atoms with Crippen LogP contribution >= 0.6 is 0 Å². The summed E-state index contributed by atoms with van der Waals surface area (Å²) in [4.78, 5) is 28.5. The van der Waals surface area contributed by atoms with Crippen LogP contribution in [-0.4, -0.2) is 68.9 Å². The minimum absolute atomic E-state index is 0.0835. The number of amides is 1. The van der Waals surface area contributed by atoms with E-state index in [1.54, 1.807) is 15.6 Å². The highest BCUT2D eigenvalue weighted by molar-refractivity contribution is 5.94. The summed E-state index contributed by atoms with van der Waals surface area (Å²) >= 11 is 0. The Balaban J connectivity index is 1.56. The number of carbonyl (C=O) groups is 2. The number of hydrogen-bond acceptors (Lipinski definition) is 6. The Labute approximate surface area is 144 Å². The van der Waals surface area contributed by atoms with Gasteiger partial charge in [0.2, 0.25) is 0 Å². The zero-order valence-electron chi connectivity index (χ0n) is 14.3. The lowest BCUT2D eigenvalue weighted by atomic mass is 10.1. The second kappa shape index (κ2) is 5.99. The average molecular weight is 344 g/mol. The number of esters is 1. The van der Waals surface area contributed by atoms with Gasteiger partial charge in [-0.1, -0.05) is 0 Å². The molecule has 1 N–H and O–H groups in total. The number of nitrogens with one attached hydrogen (secondary N) is 1. The number of nitrogens with zero attached hydrogens (tertiary/aromatic N) is 5. The summed E-state index contributed by atoms with van der Waals surface area (Å²) in [6, 6.07) is 1.68. The van der Waals surface area contributed by atoms with E-state index in [1.165, 1.54) is 7.11 Å². The maximum Gasteiger partial charge on any atom is 0.358 e. The molecule has 2 aliphatic heterocycles. The van der Waals surface area contributed by atoms with Gasteiger partial charge < -0.3 is 14.5 Å². The largest absolute Gasteiger partial charge is 0.464 e. The summed E-state index contributed by atoms with van der Waals surface area (Å²) in [7, 11) is 3.37. The molecule has 132 valence electrons. The molecule has 0 atom stereocenters. The summed E-state index contributed by atoms with van der Waals surface area (Å²) < 4.78 is 6.46. The van der Waals surface area contributed by atoms with Gasteiger partial charge in [-0.25, -0.2) is 4.79 Å². The van der Waals surface area contributed by atoms with Crippen molar-refractivity contribution >= 4 is 11.9 Å². The number of rotatable bonds is 2. The topological polar surface area (TPSA) is 96.4 Å². The highest BCUT2D eigenvalue weighted by Gasteiger charge is 2.30. The molecule has 0 spiro atoms. The number of carbonyl (C=O) groups excluding carboxylic acids is 2. The minimum Gasteiger partial charge on any atom is -0.464 e. The van der Waals surface area contributed by atoms with Crippen molar-refractivity contribution < 1.29 is 14.3 Å². The number of methoxy groups -OCH3 is 1. The lowest BCUT2D eigenvalue weighted by molar-refractivity contribution is 0.0591. The molecule has 25 heavy (non-hydrogen) atoms. The number of aromatic nitrogens is 4. The summed E-state index contributed by atoms with van der Waals surface area (Å²) in [6.45, 7) is 3.17. The van der Waals surface area contributed by atoms with Crippen molar-refractivity contribution in [3.63, 3.8) is 0 Å². The van der Waals surface area contributed by atoms with Crippen LogP contribution in [0.5, 0.6) is 0 Å². The fraction of sp³-hybridized carbons (Fsp3) is 0.500. The van der Waals surface area contributed by atoms with Crippen molar-refractivity contribution in [3.8, 4) is 0 Å². The van der Waals surface area contributed by atoms with Gasteiger partial charge in [0.25, 0.3) is 5.91 Å². The number of hydrogen-bond donors (Lipinski definition) is 1. The Hall–Kier alpha value is -2.68. The Morgan fingerprint density at radius 3 is 2.88 bits per heavy atom. The first-order valence-electron chi connectivity index (χ1n) is 8.26. The van der Waals surface area contributed by atoms with E-state index in [1.807, 2.05) is 7.05 Å². The molecule has 0 aliphatic carbocycles. The smallest absolute Gasteiger partial charge is 0.358 e. The van der Waals surface area contributed by atoms with Crippen LogP contribution in [0.25, 0.3) is 0 Å². The third kappa shape index (κ3) is 2.70. The predicted octanol–water partition coefficient (Wildman–Crippen LogP) is 0.0367. The van der Waals surface area contributed by atoms with E-state index in [0.717, 1.165) is 36.5 Å². The van der Waals surface area contributed by atoms with Crippen molar-refractivity contribution in [3.05, 3.63) is 34.4 Å². The highest BCUT2D eigenvalue weighted by Crippen LogP contribution is 2.22. The second-order valence-corrected chi connectivity index (χ2v) is 6.48. The first-order valence-corrected chi connectivity index (χ1v) is 8.26. The van der Waals surface area contributed by atoms with E-state index in [2.05, 4.69) is 20.2 Å². The summed E-state index contributed by atoms with van der Waals surface area (Å²) in [5, 5.41) is 11.5. The molecule has 2 aliphatic rings. The molecule has 0 fully saturated rings. The van der Waals surface area contributed by atoms with Gasteiger partial charge >= 0.3 is 5.97 Å².